The smallest absolute Gasteiger partial charge is 0.329 e. The van der Waals surface area contributed by atoms with Gasteiger partial charge in [-0.3, -0.25) is 9.59 Å². The van der Waals surface area contributed by atoms with Gasteiger partial charge in [0.2, 0.25) is 5.91 Å². The summed E-state index contributed by atoms with van der Waals surface area (Å²) in [6.45, 7) is -0.246. The molecule has 37 heavy (non-hydrogen) atoms. The molecule has 1 saturated heterocycles. The fourth-order valence-corrected chi connectivity index (χ4v) is 3.99. The summed E-state index contributed by atoms with van der Waals surface area (Å²) in [5, 5.41) is 7.11. The summed E-state index contributed by atoms with van der Waals surface area (Å²) < 4.78 is 19.8. The number of hydrogen-bond donors (Lipinski definition) is 2. The lowest BCUT2D eigenvalue weighted by molar-refractivity contribution is -0.127. The quantitative estimate of drug-likeness (QED) is 0.276. The van der Waals surface area contributed by atoms with Crippen molar-refractivity contribution in [3.63, 3.8) is 0 Å². The Kier molecular flexibility index (Phi) is 6.63. The van der Waals surface area contributed by atoms with Crippen LogP contribution in [0.15, 0.2) is 96.7 Å². The Morgan fingerprint density at radius 2 is 1.65 bits per heavy atom. The molecule has 0 aromatic heterocycles. The van der Waals surface area contributed by atoms with Crippen LogP contribution >= 0.6 is 0 Å². The van der Waals surface area contributed by atoms with Gasteiger partial charge in [-0.2, -0.15) is 0 Å². The van der Waals surface area contributed by atoms with Gasteiger partial charge < -0.3 is 15.4 Å². The Balaban J connectivity index is 1.28. The lowest BCUT2D eigenvalue weighted by Gasteiger charge is -2.12. The van der Waals surface area contributed by atoms with Crippen LogP contribution in [0.1, 0.15) is 11.1 Å². The molecular formula is C29H22FN3O4. The van der Waals surface area contributed by atoms with E-state index < -0.39 is 30.2 Å². The van der Waals surface area contributed by atoms with Crippen molar-refractivity contribution in [2.75, 3.05) is 11.9 Å². The van der Waals surface area contributed by atoms with Crippen molar-refractivity contribution in [1.29, 1.82) is 0 Å². The van der Waals surface area contributed by atoms with E-state index in [0.717, 1.165) is 21.2 Å². The highest BCUT2D eigenvalue weighted by molar-refractivity contribution is 6.16. The first-order chi connectivity index (χ1) is 18.0. The second kappa shape index (κ2) is 10.3. The number of carbonyl (C=O) groups excluding carboxylic acids is 3. The van der Waals surface area contributed by atoms with E-state index >= 15 is 0 Å². The van der Waals surface area contributed by atoms with E-state index in [-0.39, 0.29) is 11.4 Å². The Hall–Kier alpha value is -4.98. The lowest BCUT2D eigenvalue weighted by Crippen LogP contribution is -2.38. The predicted molar refractivity (Wildman–Crippen MR) is 138 cm³/mol. The molecule has 1 aliphatic rings. The maximum absolute atomic E-state index is 13.8. The standard InChI is InChI=1S/C29H22FN3O4/c30-23-10-4-5-11-24(23)31-27(34)17-33-28(35)25(32-29(33)36)16-22-9-3-6-12-26(22)37-18-19-13-14-20-7-1-2-8-21(20)15-19/h1-16H,17-18H2,(H,31,34)(H,32,36)/b25-16+. The third-order valence-corrected chi connectivity index (χ3v) is 5.84. The number of nitrogens with one attached hydrogen (secondary N) is 2. The molecule has 2 N–H and O–H groups in total. The number of imide groups is 1. The van der Waals surface area contributed by atoms with Crippen LogP contribution in [0.3, 0.4) is 0 Å². The zero-order valence-corrected chi connectivity index (χ0v) is 19.6. The molecule has 5 rings (SSSR count). The number of benzene rings is 4. The second-order valence-corrected chi connectivity index (χ2v) is 8.42. The maximum Gasteiger partial charge on any atom is 0.329 e. The van der Waals surface area contributed by atoms with E-state index in [1.54, 1.807) is 24.3 Å². The van der Waals surface area contributed by atoms with Crippen molar-refractivity contribution in [2.24, 2.45) is 0 Å². The number of ether oxygens (including phenoxy) is 1. The number of amides is 4. The molecule has 0 radical (unpaired) electrons. The molecule has 184 valence electrons. The highest BCUT2D eigenvalue weighted by atomic mass is 19.1. The number of nitrogens with zero attached hydrogens (tertiary/aromatic N) is 1. The molecule has 4 amide bonds. The molecular weight excluding hydrogens is 473 g/mol. The lowest BCUT2D eigenvalue weighted by atomic mass is 10.1. The number of anilines is 1. The molecule has 1 heterocycles. The number of para-hydroxylation sites is 2. The zero-order valence-electron chi connectivity index (χ0n) is 19.6. The van der Waals surface area contributed by atoms with Crippen molar-refractivity contribution in [3.05, 3.63) is 114 Å². The van der Waals surface area contributed by atoms with Gasteiger partial charge in [-0.25, -0.2) is 14.1 Å². The summed E-state index contributed by atoms with van der Waals surface area (Å²) in [5.41, 5.74) is 1.54. The summed E-state index contributed by atoms with van der Waals surface area (Å²) in [6, 6.07) is 26.2. The molecule has 0 atom stereocenters. The molecule has 0 unspecified atom stereocenters. The number of hydrogen-bond acceptors (Lipinski definition) is 4. The Labute approximate surface area is 212 Å². The minimum atomic E-state index is -0.741. The average molecular weight is 496 g/mol. The van der Waals surface area contributed by atoms with E-state index in [1.807, 2.05) is 42.5 Å². The first kappa shape index (κ1) is 23.7. The molecule has 0 aliphatic carbocycles. The van der Waals surface area contributed by atoms with Gasteiger partial charge >= 0.3 is 6.03 Å². The normalized spacial score (nSPS) is 14.2. The summed E-state index contributed by atoms with van der Waals surface area (Å²) in [5.74, 6) is -1.46. The largest absolute Gasteiger partial charge is 0.488 e. The van der Waals surface area contributed by atoms with Gasteiger partial charge in [-0.05, 0) is 46.7 Å². The van der Waals surface area contributed by atoms with E-state index in [1.165, 1.54) is 24.3 Å². The van der Waals surface area contributed by atoms with Crippen molar-refractivity contribution in [2.45, 2.75) is 6.61 Å². The fourth-order valence-electron chi connectivity index (χ4n) is 3.99. The molecule has 8 heteroatoms. The summed E-state index contributed by atoms with van der Waals surface area (Å²) >= 11 is 0. The van der Waals surface area contributed by atoms with Gasteiger partial charge in [-0.15, -0.1) is 0 Å². The van der Waals surface area contributed by atoms with Crippen molar-refractivity contribution >= 4 is 40.4 Å². The van der Waals surface area contributed by atoms with Crippen LogP contribution in [0.2, 0.25) is 0 Å². The number of fused-ring (bicyclic) bond motifs is 1. The van der Waals surface area contributed by atoms with Crippen LogP contribution in [0.4, 0.5) is 14.9 Å². The van der Waals surface area contributed by atoms with Crippen LogP contribution in [0, 0.1) is 5.82 Å². The van der Waals surface area contributed by atoms with Gasteiger partial charge in [0.05, 0.1) is 5.69 Å². The first-order valence-corrected chi connectivity index (χ1v) is 11.6. The molecule has 7 nitrogen and oxygen atoms in total. The van der Waals surface area contributed by atoms with Crippen molar-refractivity contribution < 1.29 is 23.5 Å². The minimum Gasteiger partial charge on any atom is -0.488 e. The molecule has 0 spiro atoms. The van der Waals surface area contributed by atoms with E-state index in [4.69, 9.17) is 4.74 Å². The molecule has 0 saturated carbocycles. The minimum absolute atomic E-state index is 0.00504. The topological polar surface area (TPSA) is 87.7 Å². The third-order valence-electron chi connectivity index (χ3n) is 5.84. The predicted octanol–water partition coefficient (Wildman–Crippen LogP) is 5.09. The third kappa shape index (κ3) is 5.33. The molecule has 4 aromatic carbocycles. The Morgan fingerprint density at radius 1 is 0.919 bits per heavy atom. The summed E-state index contributed by atoms with van der Waals surface area (Å²) in [7, 11) is 0. The van der Waals surface area contributed by atoms with Gasteiger partial charge in [0.25, 0.3) is 5.91 Å². The number of urea groups is 1. The van der Waals surface area contributed by atoms with E-state index in [0.29, 0.717) is 17.9 Å². The Morgan fingerprint density at radius 3 is 2.49 bits per heavy atom. The second-order valence-electron chi connectivity index (χ2n) is 8.42. The van der Waals surface area contributed by atoms with Gasteiger partial charge in [0.15, 0.2) is 0 Å². The number of carbonyl (C=O) groups is 3. The average Bonchev–Trinajstić information content (AvgIpc) is 3.16. The fraction of sp³-hybridized carbons (Fsp3) is 0.0690. The monoisotopic (exact) mass is 495 g/mol. The first-order valence-electron chi connectivity index (χ1n) is 11.6. The maximum atomic E-state index is 13.8. The molecule has 1 aliphatic heterocycles. The van der Waals surface area contributed by atoms with Crippen LogP contribution in [-0.4, -0.2) is 29.3 Å². The van der Waals surface area contributed by atoms with E-state index in [2.05, 4.69) is 16.7 Å². The van der Waals surface area contributed by atoms with Gasteiger partial charge in [0, 0.05) is 5.56 Å². The highest BCUT2D eigenvalue weighted by Crippen LogP contribution is 2.25. The van der Waals surface area contributed by atoms with Gasteiger partial charge in [-0.1, -0.05) is 66.7 Å². The SMILES string of the molecule is O=C(CN1C(=O)N/C(=C/c2ccccc2OCc2ccc3ccccc3c2)C1=O)Nc1ccccc1F. The van der Waals surface area contributed by atoms with Crippen molar-refractivity contribution in [1.82, 2.24) is 10.2 Å². The molecule has 4 aromatic rings. The number of halogens is 1. The van der Waals surface area contributed by atoms with Crippen LogP contribution in [-0.2, 0) is 16.2 Å². The van der Waals surface area contributed by atoms with E-state index in [9.17, 15) is 18.8 Å². The highest BCUT2D eigenvalue weighted by Gasteiger charge is 2.35. The van der Waals surface area contributed by atoms with Crippen molar-refractivity contribution in [3.8, 4) is 5.75 Å². The summed E-state index contributed by atoms with van der Waals surface area (Å²) in [6.07, 6.45) is 1.50. The molecule has 1 fully saturated rings. The van der Waals surface area contributed by atoms with Gasteiger partial charge in [0.1, 0.15) is 30.4 Å². The molecule has 0 bridgehead atoms. The van der Waals surface area contributed by atoms with Crippen LogP contribution in [0.25, 0.3) is 16.8 Å². The van der Waals surface area contributed by atoms with Crippen LogP contribution < -0.4 is 15.4 Å². The Bertz CT molecular complexity index is 1550. The number of rotatable bonds is 7. The zero-order chi connectivity index (χ0) is 25.8. The summed E-state index contributed by atoms with van der Waals surface area (Å²) in [4.78, 5) is 38.4. The van der Waals surface area contributed by atoms with Crippen LogP contribution in [0.5, 0.6) is 5.75 Å².